The minimum Gasteiger partial charge on any atom is -0.380 e. The lowest BCUT2D eigenvalue weighted by atomic mass is 10.1. The number of amides is 1. The van der Waals surface area contributed by atoms with Crippen LogP contribution in [-0.2, 0) is 4.74 Å². The molecule has 0 aliphatic rings. The van der Waals surface area contributed by atoms with Crippen molar-refractivity contribution in [3.63, 3.8) is 0 Å². The Hall–Kier alpha value is -1.62. The third-order valence-corrected chi connectivity index (χ3v) is 2.79. The van der Waals surface area contributed by atoms with Crippen LogP contribution in [0.25, 0.3) is 0 Å². The Morgan fingerprint density at radius 3 is 2.70 bits per heavy atom. The Morgan fingerprint density at radius 1 is 1.35 bits per heavy atom. The number of rotatable bonds is 8. The maximum atomic E-state index is 12.1. The van der Waals surface area contributed by atoms with Crippen LogP contribution < -0.4 is 10.6 Å². The number of nitrogens with one attached hydrogen (secondary N) is 2. The quantitative estimate of drug-likeness (QED) is 0.717. The van der Waals surface area contributed by atoms with Gasteiger partial charge in [-0.25, -0.2) is 4.98 Å². The van der Waals surface area contributed by atoms with Crippen molar-refractivity contribution >= 4 is 11.7 Å². The molecule has 1 amide bonds. The zero-order chi connectivity index (χ0) is 15.0. The lowest BCUT2D eigenvalue weighted by Gasteiger charge is -2.12. The summed E-state index contributed by atoms with van der Waals surface area (Å²) in [6.07, 6.45) is 0. The highest BCUT2D eigenvalue weighted by Gasteiger charge is 2.11. The second-order valence-corrected chi connectivity index (χ2v) is 4.80. The lowest BCUT2D eigenvalue weighted by Crippen LogP contribution is -2.27. The molecule has 1 rings (SSSR count). The van der Waals surface area contributed by atoms with Gasteiger partial charge < -0.3 is 15.4 Å². The Kier molecular flexibility index (Phi) is 7.01. The first kappa shape index (κ1) is 16.4. The van der Waals surface area contributed by atoms with Crippen LogP contribution in [0.15, 0.2) is 12.1 Å². The fraction of sp³-hybridized carbons (Fsp3) is 0.600. The maximum absolute atomic E-state index is 12.1. The number of hydrogen-bond donors (Lipinski definition) is 2. The molecule has 0 bridgehead atoms. The monoisotopic (exact) mass is 279 g/mol. The molecule has 0 aromatic carbocycles. The Bertz CT molecular complexity index is 433. The smallest absolute Gasteiger partial charge is 0.251 e. The van der Waals surface area contributed by atoms with Crippen LogP contribution in [0.3, 0.4) is 0 Å². The minimum atomic E-state index is -0.0897. The van der Waals surface area contributed by atoms with E-state index >= 15 is 0 Å². The van der Waals surface area contributed by atoms with E-state index in [0.29, 0.717) is 25.3 Å². The highest BCUT2D eigenvalue weighted by molar-refractivity contribution is 5.95. The highest BCUT2D eigenvalue weighted by Crippen LogP contribution is 2.17. The van der Waals surface area contributed by atoms with E-state index in [-0.39, 0.29) is 11.8 Å². The largest absolute Gasteiger partial charge is 0.380 e. The molecular formula is C15H25N3O2. The van der Waals surface area contributed by atoms with Gasteiger partial charge in [-0.1, -0.05) is 13.8 Å². The molecular weight excluding hydrogens is 254 g/mol. The second kappa shape index (κ2) is 8.53. The van der Waals surface area contributed by atoms with E-state index in [4.69, 9.17) is 4.74 Å². The molecule has 0 saturated carbocycles. The van der Waals surface area contributed by atoms with Crippen LogP contribution >= 0.6 is 0 Å². The van der Waals surface area contributed by atoms with Crippen molar-refractivity contribution in [2.24, 2.45) is 0 Å². The van der Waals surface area contributed by atoms with E-state index in [2.05, 4.69) is 29.5 Å². The summed E-state index contributed by atoms with van der Waals surface area (Å²) in [7, 11) is 0. The van der Waals surface area contributed by atoms with Gasteiger partial charge in [0.15, 0.2) is 0 Å². The second-order valence-electron chi connectivity index (χ2n) is 4.80. The summed E-state index contributed by atoms with van der Waals surface area (Å²) in [6, 6.07) is 3.63. The molecule has 0 fully saturated rings. The van der Waals surface area contributed by atoms with Crippen LogP contribution in [-0.4, -0.2) is 37.2 Å². The molecule has 1 aromatic rings. The normalized spacial score (nSPS) is 10.7. The van der Waals surface area contributed by atoms with Gasteiger partial charge in [-0.05, 0) is 31.9 Å². The molecule has 1 heterocycles. The van der Waals surface area contributed by atoms with Crippen molar-refractivity contribution in [2.75, 3.05) is 31.6 Å². The lowest BCUT2D eigenvalue weighted by molar-refractivity contribution is 0.0922. The summed E-state index contributed by atoms with van der Waals surface area (Å²) in [5.41, 5.74) is 1.55. The Balaban J connectivity index is 2.78. The van der Waals surface area contributed by atoms with Crippen molar-refractivity contribution in [2.45, 2.75) is 33.6 Å². The summed E-state index contributed by atoms with van der Waals surface area (Å²) >= 11 is 0. The number of carbonyl (C=O) groups is 1. The molecule has 5 heteroatoms. The summed E-state index contributed by atoms with van der Waals surface area (Å²) in [4.78, 5) is 16.6. The topological polar surface area (TPSA) is 63.2 Å². The van der Waals surface area contributed by atoms with Crippen molar-refractivity contribution < 1.29 is 9.53 Å². The van der Waals surface area contributed by atoms with E-state index in [0.717, 1.165) is 18.1 Å². The average molecular weight is 279 g/mol. The molecule has 0 unspecified atom stereocenters. The van der Waals surface area contributed by atoms with Gasteiger partial charge in [0.2, 0.25) is 0 Å². The fourth-order valence-electron chi connectivity index (χ4n) is 1.73. The molecule has 0 spiro atoms. The van der Waals surface area contributed by atoms with Gasteiger partial charge in [-0.2, -0.15) is 0 Å². The van der Waals surface area contributed by atoms with Gasteiger partial charge in [0.1, 0.15) is 5.82 Å². The number of carbonyl (C=O) groups excluding carboxylic acids is 1. The summed E-state index contributed by atoms with van der Waals surface area (Å²) in [5.74, 6) is 0.936. The zero-order valence-corrected chi connectivity index (χ0v) is 12.8. The average Bonchev–Trinajstić information content (AvgIpc) is 2.43. The first-order valence-corrected chi connectivity index (χ1v) is 7.20. The molecule has 0 saturated heterocycles. The number of ether oxygens (including phenoxy) is 1. The van der Waals surface area contributed by atoms with Crippen LogP contribution in [0.1, 0.15) is 49.7 Å². The van der Waals surface area contributed by atoms with Crippen molar-refractivity contribution in [3.05, 3.63) is 23.4 Å². The SMILES string of the molecule is CCNc1cc(C(=O)NCCOCC)cc(C(C)C)n1. The predicted octanol–water partition coefficient (Wildman–Crippen LogP) is 2.40. The van der Waals surface area contributed by atoms with Crippen LogP contribution in [0.2, 0.25) is 0 Å². The standard InChI is InChI=1S/C15H25N3O2/c1-5-16-14-10-12(9-13(18-14)11(3)4)15(19)17-7-8-20-6-2/h9-11H,5-8H2,1-4H3,(H,16,18)(H,17,19). The third kappa shape index (κ3) is 5.17. The van der Waals surface area contributed by atoms with E-state index in [1.807, 2.05) is 19.9 Å². The van der Waals surface area contributed by atoms with Crippen LogP contribution in [0, 0.1) is 0 Å². The molecule has 0 atom stereocenters. The molecule has 112 valence electrons. The number of anilines is 1. The number of hydrogen-bond acceptors (Lipinski definition) is 4. The first-order valence-electron chi connectivity index (χ1n) is 7.20. The van der Waals surface area contributed by atoms with Gasteiger partial charge in [0, 0.05) is 31.0 Å². The van der Waals surface area contributed by atoms with Crippen LogP contribution in [0.5, 0.6) is 0 Å². The van der Waals surface area contributed by atoms with Gasteiger partial charge >= 0.3 is 0 Å². The van der Waals surface area contributed by atoms with E-state index < -0.39 is 0 Å². The van der Waals surface area contributed by atoms with E-state index in [1.54, 1.807) is 6.07 Å². The molecule has 0 radical (unpaired) electrons. The summed E-state index contributed by atoms with van der Waals surface area (Å²) < 4.78 is 5.20. The fourth-order valence-corrected chi connectivity index (χ4v) is 1.73. The Morgan fingerprint density at radius 2 is 2.10 bits per heavy atom. The molecule has 5 nitrogen and oxygen atoms in total. The number of aromatic nitrogens is 1. The maximum Gasteiger partial charge on any atom is 0.251 e. The van der Waals surface area contributed by atoms with E-state index in [9.17, 15) is 4.79 Å². The van der Waals surface area contributed by atoms with Crippen molar-refractivity contribution in [1.82, 2.24) is 10.3 Å². The molecule has 0 aliphatic heterocycles. The van der Waals surface area contributed by atoms with E-state index in [1.165, 1.54) is 0 Å². The summed E-state index contributed by atoms with van der Waals surface area (Å²) in [6.45, 7) is 10.6. The molecule has 2 N–H and O–H groups in total. The minimum absolute atomic E-state index is 0.0897. The van der Waals surface area contributed by atoms with Gasteiger partial charge in [-0.15, -0.1) is 0 Å². The number of nitrogens with zero attached hydrogens (tertiary/aromatic N) is 1. The van der Waals surface area contributed by atoms with Crippen molar-refractivity contribution in [3.8, 4) is 0 Å². The highest BCUT2D eigenvalue weighted by atomic mass is 16.5. The van der Waals surface area contributed by atoms with Gasteiger partial charge in [0.05, 0.1) is 6.61 Å². The molecule has 0 aliphatic carbocycles. The zero-order valence-electron chi connectivity index (χ0n) is 12.8. The van der Waals surface area contributed by atoms with Crippen LogP contribution in [0.4, 0.5) is 5.82 Å². The third-order valence-electron chi connectivity index (χ3n) is 2.79. The van der Waals surface area contributed by atoms with Gasteiger partial charge in [-0.3, -0.25) is 4.79 Å². The summed E-state index contributed by atoms with van der Waals surface area (Å²) in [5, 5.41) is 6.01. The van der Waals surface area contributed by atoms with Gasteiger partial charge in [0.25, 0.3) is 5.91 Å². The Labute approximate surface area is 121 Å². The first-order chi connectivity index (χ1) is 9.58. The predicted molar refractivity (Wildman–Crippen MR) is 81.3 cm³/mol. The molecule has 1 aromatic heterocycles. The van der Waals surface area contributed by atoms with Crippen molar-refractivity contribution in [1.29, 1.82) is 0 Å². The number of pyridine rings is 1. The molecule has 20 heavy (non-hydrogen) atoms.